The first-order valence-electron chi connectivity index (χ1n) is 4.83. The Balaban J connectivity index is 2.29. The molecule has 0 spiro atoms. The number of nitrogens with zero attached hydrogens (tertiary/aromatic N) is 1. The second-order valence-electron chi connectivity index (χ2n) is 3.29. The van der Waals surface area contributed by atoms with Crippen molar-refractivity contribution >= 4 is 21.6 Å². The van der Waals surface area contributed by atoms with Gasteiger partial charge in [-0.15, -0.1) is 0 Å². The highest BCUT2D eigenvalue weighted by Gasteiger charge is 2.13. The Labute approximate surface area is 106 Å². The molecule has 17 heavy (non-hydrogen) atoms. The Morgan fingerprint density at radius 3 is 2.41 bits per heavy atom. The van der Waals surface area contributed by atoms with E-state index in [1.54, 1.807) is 24.3 Å². The van der Waals surface area contributed by atoms with Crippen LogP contribution >= 0.6 is 15.9 Å². The molecule has 86 valence electrons. The van der Waals surface area contributed by atoms with Gasteiger partial charge in [0.25, 0.3) is 5.69 Å². The van der Waals surface area contributed by atoms with E-state index in [1.807, 2.05) is 18.2 Å². The molecule has 0 bridgehead atoms. The van der Waals surface area contributed by atoms with Crippen LogP contribution in [0.15, 0.2) is 53.0 Å². The molecule has 2 aromatic rings. The Bertz CT molecular complexity index is 543. The number of halogens is 1. The van der Waals surface area contributed by atoms with Crippen molar-refractivity contribution in [3.05, 3.63) is 63.1 Å². The lowest BCUT2D eigenvalue weighted by Gasteiger charge is -2.05. The highest BCUT2D eigenvalue weighted by molar-refractivity contribution is 9.10. The molecule has 5 heteroatoms. The van der Waals surface area contributed by atoms with E-state index in [0.717, 1.165) is 0 Å². The topological polar surface area (TPSA) is 52.4 Å². The molecule has 0 heterocycles. The molecule has 2 aromatic carbocycles. The standard InChI is InChI=1S/C12H8BrNO3/c13-11-7-6-10(8-12(11)14(15)16)17-9-4-2-1-3-5-9/h1-8H. The van der Waals surface area contributed by atoms with Crippen molar-refractivity contribution in [2.24, 2.45) is 0 Å². The number of rotatable bonds is 3. The Kier molecular flexibility index (Phi) is 3.39. The Morgan fingerprint density at radius 2 is 1.76 bits per heavy atom. The van der Waals surface area contributed by atoms with E-state index in [0.29, 0.717) is 16.0 Å². The van der Waals surface area contributed by atoms with E-state index in [4.69, 9.17) is 4.74 Å². The summed E-state index contributed by atoms with van der Waals surface area (Å²) in [5.74, 6) is 1.08. The van der Waals surface area contributed by atoms with Gasteiger partial charge in [-0.1, -0.05) is 18.2 Å². The van der Waals surface area contributed by atoms with Crippen molar-refractivity contribution in [2.75, 3.05) is 0 Å². The number of hydrogen-bond acceptors (Lipinski definition) is 3. The molecule has 0 atom stereocenters. The van der Waals surface area contributed by atoms with Crippen molar-refractivity contribution < 1.29 is 9.66 Å². The minimum absolute atomic E-state index is 0.0153. The van der Waals surface area contributed by atoms with Gasteiger partial charge in [0.2, 0.25) is 0 Å². The monoisotopic (exact) mass is 293 g/mol. The minimum Gasteiger partial charge on any atom is -0.457 e. The molecule has 0 aliphatic rings. The number of nitro benzene ring substituents is 1. The summed E-state index contributed by atoms with van der Waals surface area (Å²) < 4.78 is 5.93. The molecule has 0 unspecified atom stereocenters. The summed E-state index contributed by atoms with van der Waals surface area (Å²) in [5, 5.41) is 10.7. The summed E-state index contributed by atoms with van der Waals surface area (Å²) in [7, 11) is 0. The van der Waals surface area contributed by atoms with Crippen LogP contribution in [0.2, 0.25) is 0 Å². The number of ether oxygens (including phenoxy) is 1. The van der Waals surface area contributed by atoms with Crippen molar-refractivity contribution in [1.29, 1.82) is 0 Å². The fraction of sp³-hybridized carbons (Fsp3) is 0. The summed E-state index contributed by atoms with van der Waals surface area (Å²) >= 11 is 3.12. The molecule has 0 saturated carbocycles. The largest absolute Gasteiger partial charge is 0.457 e. The summed E-state index contributed by atoms with van der Waals surface area (Å²) in [4.78, 5) is 10.3. The number of benzene rings is 2. The SMILES string of the molecule is O=[N+]([O-])c1cc(Oc2ccccc2)ccc1Br. The zero-order chi connectivity index (χ0) is 12.3. The van der Waals surface area contributed by atoms with E-state index in [2.05, 4.69) is 15.9 Å². The predicted molar refractivity (Wildman–Crippen MR) is 67.3 cm³/mol. The maximum absolute atomic E-state index is 10.7. The molecular formula is C12H8BrNO3. The third-order valence-electron chi connectivity index (χ3n) is 2.09. The molecule has 0 aliphatic heterocycles. The third kappa shape index (κ3) is 2.82. The van der Waals surface area contributed by atoms with E-state index >= 15 is 0 Å². The molecule has 2 rings (SSSR count). The first kappa shape index (κ1) is 11.6. The van der Waals surface area contributed by atoms with E-state index in [9.17, 15) is 10.1 Å². The van der Waals surface area contributed by atoms with E-state index < -0.39 is 4.92 Å². The highest BCUT2D eigenvalue weighted by Crippen LogP contribution is 2.31. The maximum Gasteiger partial charge on any atom is 0.287 e. The maximum atomic E-state index is 10.7. The molecule has 4 nitrogen and oxygen atoms in total. The molecule has 0 radical (unpaired) electrons. The summed E-state index contributed by atoms with van der Waals surface area (Å²) in [6.07, 6.45) is 0. The van der Waals surface area contributed by atoms with Crippen molar-refractivity contribution in [1.82, 2.24) is 0 Å². The zero-order valence-electron chi connectivity index (χ0n) is 8.67. The van der Waals surface area contributed by atoms with Crippen molar-refractivity contribution in [3.63, 3.8) is 0 Å². The summed E-state index contributed by atoms with van der Waals surface area (Å²) in [5.41, 5.74) is -0.0153. The second-order valence-corrected chi connectivity index (χ2v) is 4.14. The van der Waals surface area contributed by atoms with Gasteiger partial charge in [0, 0.05) is 0 Å². The minimum atomic E-state index is -0.456. The Hall–Kier alpha value is -1.88. The molecule has 0 amide bonds. The second kappa shape index (κ2) is 4.97. The zero-order valence-corrected chi connectivity index (χ0v) is 10.3. The molecule has 0 fully saturated rings. The van der Waals surface area contributed by atoms with Crippen LogP contribution in [0.4, 0.5) is 5.69 Å². The van der Waals surface area contributed by atoms with Crippen LogP contribution in [0.5, 0.6) is 11.5 Å². The quantitative estimate of drug-likeness (QED) is 0.631. The van der Waals surface area contributed by atoms with Crippen LogP contribution in [0.25, 0.3) is 0 Å². The van der Waals surface area contributed by atoms with Crippen LogP contribution in [0.1, 0.15) is 0 Å². The lowest BCUT2D eigenvalue weighted by Crippen LogP contribution is -1.91. The average Bonchev–Trinajstić information content (AvgIpc) is 2.32. The fourth-order valence-corrected chi connectivity index (χ4v) is 1.71. The van der Waals surface area contributed by atoms with Crippen LogP contribution in [-0.2, 0) is 0 Å². The van der Waals surface area contributed by atoms with Gasteiger partial charge in [-0.3, -0.25) is 10.1 Å². The first-order valence-corrected chi connectivity index (χ1v) is 5.63. The molecule has 0 aromatic heterocycles. The third-order valence-corrected chi connectivity index (χ3v) is 2.76. The molecule has 0 saturated heterocycles. The van der Waals surface area contributed by atoms with Crippen LogP contribution in [-0.4, -0.2) is 4.92 Å². The van der Waals surface area contributed by atoms with Gasteiger partial charge < -0.3 is 4.74 Å². The Morgan fingerprint density at radius 1 is 1.06 bits per heavy atom. The van der Waals surface area contributed by atoms with Gasteiger partial charge in [-0.05, 0) is 40.2 Å². The first-order chi connectivity index (χ1) is 8.16. The molecule has 0 N–H and O–H groups in total. The van der Waals surface area contributed by atoms with E-state index in [-0.39, 0.29) is 5.69 Å². The summed E-state index contributed by atoms with van der Waals surface area (Å²) in [6.45, 7) is 0. The smallest absolute Gasteiger partial charge is 0.287 e. The van der Waals surface area contributed by atoms with Crippen LogP contribution < -0.4 is 4.74 Å². The van der Waals surface area contributed by atoms with Gasteiger partial charge in [0.1, 0.15) is 11.5 Å². The number of hydrogen-bond donors (Lipinski definition) is 0. The average molecular weight is 294 g/mol. The van der Waals surface area contributed by atoms with Gasteiger partial charge in [-0.2, -0.15) is 0 Å². The van der Waals surface area contributed by atoms with Gasteiger partial charge in [0.05, 0.1) is 15.5 Å². The van der Waals surface area contributed by atoms with Crippen molar-refractivity contribution in [3.8, 4) is 11.5 Å². The number of nitro groups is 1. The lowest BCUT2D eigenvalue weighted by atomic mass is 10.3. The van der Waals surface area contributed by atoms with E-state index in [1.165, 1.54) is 6.07 Å². The number of para-hydroxylation sites is 1. The molecule has 0 aliphatic carbocycles. The normalized spacial score (nSPS) is 9.94. The van der Waals surface area contributed by atoms with Crippen LogP contribution in [0, 0.1) is 10.1 Å². The van der Waals surface area contributed by atoms with Gasteiger partial charge >= 0.3 is 0 Å². The highest BCUT2D eigenvalue weighted by atomic mass is 79.9. The van der Waals surface area contributed by atoms with Gasteiger partial charge in [0.15, 0.2) is 0 Å². The van der Waals surface area contributed by atoms with Crippen LogP contribution in [0.3, 0.4) is 0 Å². The fourth-order valence-electron chi connectivity index (χ4n) is 1.32. The van der Waals surface area contributed by atoms with Gasteiger partial charge in [-0.25, -0.2) is 0 Å². The lowest BCUT2D eigenvalue weighted by molar-refractivity contribution is -0.385. The van der Waals surface area contributed by atoms with Crippen molar-refractivity contribution in [2.45, 2.75) is 0 Å². The molecular weight excluding hydrogens is 286 g/mol. The summed E-state index contributed by atoms with van der Waals surface area (Å²) in [6, 6.07) is 13.8. The predicted octanol–water partition coefficient (Wildman–Crippen LogP) is 4.15.